The van der Waals surface area contributed by atoms with Crippen molar-refractivity contribution in [2.75, 3.05) is 5.32 Å². The SMILES string of the molecule is CCC(C)C(C)Nc1ccc(Cl)cc1C(F)(F)F. The van der Waals surface area contributed by atoms with Gasteiger partial charge in [0.25, 0.3) is 0 Å². The van der Waals surface area contributed by atoms with Gasteiger partial charge < -0.3 is 5.32 Å². The van der Waals surface area contributed by atoms with E-state index in [-0.39, 0.29) is 16.8 Å². The van der Waals surface area contributed by atoms with Crippen LogP contribution in [0.15, 0.2) is 18.2 Å². The van der Waals surface area contributed by atoms with E-state index in [0.29, 0.717) is 5.92 Å². The first-order valence-corrected chi connectivity index (χ1v) is 6.26. The fraction of sp³-hybridized carbons (Fsp3) is 0.538. The van der Waals surface area contributed by atoms with Gasteiger partial charge in [-0.25, -0.2) is 0 Å². The summed E-state index contributed by atoms with van der Waals surface area (Å²) in [7, 11) is 0. The number of hydrogen-bond acceptors (Lipinski definition) is 1. The summed E-state index contributed by atoms with van der Waals surface area (Å²) >= 11 is 5.62. The van der Waals surface area contributed by atoms with Gasteiger partial charge in [0.2, 0.25) is 0 Å². The average molecular weight is 280 g/mol. The molecule has 0 aliphatic rings. The van der Waals surface area contributed by atoms with Crippen LogP contribution in [0.2, 0.25) is 5.02 Å². The highest BCUT2D eigenvalue weighted by atomic mass is 35.5. The van der Waals surface area contributed by atoms with E-state index in [9.17, 15) is 13.2 Å². The molecular weight excluding hydrogens is 263 g/mol. The van der Waals surface area contributed by atoms with Crippen molar-refractivity contribution in [2.24, 2.45) is 5.92 Å². The number of anilines is 1. The van der Waals surface area contributed by atoms with Crippen LogP contribution in [-0.2, 0) is 6.18 Å². The molecule has 1 rings (SSSR count). The van der Waals surface area contributed by atoms with Crippen molar-refractivity contribution in [1.29, 1.82) is 0 Å². The zero-order chi connectivity index (χ0) is 13.9. The van der Waals surface area contributed by atoms with Crippen LogP contribution >= 0.6 is 11.6 Å². The van der Waals surface area contributed by atoms with E-state index < -0.39 is 11.7 Å². The molecule has 0 saturated carbocycles. The number of rotatable bonds is 4. The van der Waals surface area contributed by atoms with Crippen molar-refractivity contribution in [3.05, 3.63) is 28.8 Å². The molecular formula is C13H17ClF3N. The monoisotopic (exact) mass is 279 g/mol. The molecule has 1 nitrogen and oxygen atoms in total. The second-order valence-electron chi connectivity index (χ2n) is 4.51. The third-order valence-electron chi connectivity index (χ3n) is 3.17. The Bertz CT molecular complexity index is 404. The van der Waals surface area contributed by atoms with Crippen LogP contribution in [-0.4, -0.2) is 6.04 Å². The average Bonchev–Trinajstić information content (AvgIpc) is 2.28. The normalized spacial score (nSPS) is 15.3. The molecule has 0 aromatic heterocycles. The standard InChI is InChI=1S/C13H17ClF3N/c1-4-8(2)9(3)18-12-6-5-10(14)7-11(12)13(15,16)17/h5-9,18H,4H2,1-3H3. The number of benzene rings is 1. The predicted octanol–water partition coefficient (Wildman–Crippen LogP) is 5.21. The minimum atomic E-state index is -4.40. The van der Waals surface area contributed by atoms with Gasteiger partial charge in [0.1, 0.15) is 0 Å². The molecule has 2 atom stereocenters. The van der Waals surface area contributed by atoms with Gasteiger partial charge in [0.05, 0.1) is 5.56 Å². The van der Waals surface area contributed by atoms with Crippen LogP contribution in [0.1, 0.15) is 32.8 Å². The van der Waals surface area contributed by atoms with E-state index in [1.54, 1.807) is 0 Å². The molecule has 0 heterocycles. The van der Waals surface area contributed by atoms with Crippen molar-refractivity contribution in [1.82, 2.24) is 0 Å². The Balaban J connectivity index is 3.02. The highest BCUT2D eigenvalue weighted by molar-refractivity contribution is 6.30. The van der Waals surface area contributed by atoms with Crippen molar-refractivity contribution < 1.29 is 13.2 Å². The zero-order valence-corrected chi connectivity index (χ0v) is 11.4. The molecule has 0 radical (unpaired) electrons. The summed E-state index contributed by atoms with van der Waals surface area (Å²) in [5.41, 5.74) is -0.634. The lowest BCUT2D eigenvalue weighted by Gasteiger charge is -2.23. The van der Waals surface area contributed by atoms with Crippen LogP contribution in [0.3, 0.4) is 0 Å². The van der Waals surface area contributed by atoms with Gasteiger partial charge in [-0.05, 0) is 31.0 Å². The molecule has 0 spiro atoms. The molecule has 0 bridgehead atoms. The third-order valence-corrected chi connectivity index (χ3v) is 3.40. The minimum absolute atomic E-state index is 0.0303. The zero-order valence-electron chi connectivity index (χ0n) is 10.6. The Kier molecular flexibility index (Phi) is 4.91. The first-order chi connectivity index (χ1) is 8.25. The molecule has 102 valence electrons. The molecule has 1 aromatic rings. The van der Waals surface area contributed by atoms with E-state index >= 15 is 0 Å². The van der Waals surface area contributed by atoms with E-state index in [2.05, 4.69) is 5.32 Å². The summed E-state index contributed by atoms with van der Waals surface area (Å²) in [4.78, 5) is 0. The Hall–Kier alpha value is -0.900. The molecule has 0 saturated heterocycles. The Labute approximate surface area is 110 Å². The molecule has 1 aromatic carbocycles. The summed E-state index contributed by atoms with van der Waals surface area (Å²) in [6, 6.07) is 3.76. The van der Waals surface area contributed by atoms with Gasteiger partial charge in [0.15, 0.2) is 0 Å². The van der Waals surface area contributed by atoms with Crippen LogP contribution in [0, 0.1) is 5.92 Å². The number of halogens is 4. The summed E-state index contributed by atoms with van der Waals surface area (Å²) in [6.45, 7) is 5.89. The van der Waals surface area contributed by atoms with Crippen LogP contribution in [0.25, 0.3) is 0 Å². The van der Waals surface area contributed by atoms with Crippen molar-refractivity contribution in [3.8, 4) is 0 Å². The molecule has 0 aliphatic carbocycles. The fourth-order valence-corrected chi connectivity index (χ4v) is 1.79. The van der Waals surface area contributed by atoms with Crippen LogP contribution < -0.4 is 5.32 Å². The molecule has 0 amide bonds. The first kappa shape index (κ1) is 15.2. The lowest BCUT2D eigenvalue weighted by Crippen LogP contribution is -2.25. The van der Waals surface area contributed by atoms with Crippen molar-refractivity contribution in [2.45, 2.75) is 39.4 Å². The molecule has 1 N–H and O–H groups in total. The van der Waals surface area contributed by atoms with Gasteiger partial charge in [-0.2, -0.15) is 13.2 Å². The van der Waals surface area contributed by atoms with Gasteiger partial charge in [-0.1, -0.05) is 31.9 Å². The Morgan fingerprint density at radius 1 is 1.28 bits per heavy atom. The Morgan fingerprint density at radius 3 is 2.39 bits per heavy atom. The maximum Gasteiger partial charge on any atom is 0.418 e. The number of nitrogens with one attached hydrogen (secondary N) is 1. The van der Waals surface area contributed by atoms with Gasteiger partial charge >= 0.3 is 6.18 Å². The molecule has 18 heavy (non-hydrogen) atoms. The summed E-state index contributed by atoms with van der Waals surface area (Å²) in [6.07, 6.45) is -3.49. The smallest absolute Gasteiger partial charge is 0.382 e. The van der Waals surface area contributed by atoms with E-state index in [4.69, 9.17) is 11.6 Å². The second kappa shape index (κ2) is 5.83. The van der Waals surface area contributed by atoms with E-state index in [0.717, 1.165) is 12.5 Å². The summed E-state index contributed by atoms with van der Waals surface area (Å²) < 4.78 is 38.6. The maximum atomic E-state index is 12.9. The van der Waals surface area contributed by atoms with E-state index in [1.807, 2.05) is 20.8 Å². The number of hydrogen-bond donors (Lipinski definition) is 1. The third kappa shape index (κ3) is 3.80. The van der Waals surface area contributed by atoms with Gasteiger partial charge in [0, 0.05) is 16.8 Å². The van der Waals surface area contributed by atoms with Crippen molar-refractivity contribution >= 4 is 17.3 Å². The molecule has 0 aliphatic heterocycles. The predicted molar refractivity (Wildman–Crippen MR) is 69.0 cm³/mol. The first-order valence-electron chi connectivity index (χ1n) is 5.89. The van der Waals surface area contributed by atoms with Crippen LogP contribution in [0.4, 0.5) is 18.9 Å². The lowest BCUT2D eigenvalue weighted by molar-refractivity contribution is -0.137. The largest absolute Gasteiger partial charge is 0.418 e. The topological polar surface area (TPSA) is 12.0 Å². The highest BCUT2D eigenvalue weighted by Gasteiger charge is 2.34. The van der Waals surface area contributed by atoms with Gasteiger partial charge in [-0.15, -0.1) is 0 Å². The van der Waals surface area contributed by atoms with E-state index in [1.165, 1.54) is 12.1 Å². The quantitative estimate of drug-likeness (QED) is 0.798. The molecule has 5 heteroatoms. The highest BCUT2D eigenvalue weighted by Crippen LogP contribution is 2.37. The number of alkyl halides is 3. The van der Waals surface area contributed by atoms with Gasteiger partial charge in [-0.3, -0.25) is 0 Å². The molecule has 2 unspecified atom stereocenters. The second-order valence-corrected chi connectivity index (χ2v) is 4.94. The molecule has 0 fully saturated rings. The minimum Gasteiger partial charge on any atom is -0.382 e. The summed E-state index contributed by atoms with van der Waals surface area (Å²) in [5, 5.41) is 3.00. The maximum absolute atomic E-state index is 12.9. The van der Waals surface area contributed by atoms with Crippen molar-refractivity contribution in [3.63, 3.8) is 0 Å². The lowest BCUT2D eigenvalue weighted by atomic mass is 10.00. The van der Waals surface area contributed by atoms with Crippen LogP contribution in [0.5, 0.6) is 0 Å². The Morgan fingerprint density at radius 2 is 1.89 bits per heavy atom. The summed E-state index contributed by atoms with van der Waals surface area (Å²) in [5.74, 6) is 0.293. The fourth-order valence-electron chi connectivity index (χ4n) is 1.62.